The highest BCUT2D eigenvalue weighted by molar-refractivity contribution is 7.92. The molecule has 134 valence electrons. The lowest BCUT2D eigenvalue weighted by Gasteiger charge is -2.25. The molecular formula is C16H19N3O4S2. The van der Waals surface area contributed by atoms with E-state index in [0.29, 0.717) is 16.6 Å². The topological polar surface area (TPSA) is 96.8 Å². The van der Waals surface area contributed by atoms with Crippen LogP contribution in [0.25, 0.3) is 10.9 Å². The highest BCUT2D eigenvalue weighted by Gasteiger charge is 2.39. The minimum Gasteiger partial charge on any atom is -0.255 e. The molecule has 0 radical (unpaired) electrons. The molecule has 1 aromatic heterocycles. The smallest absolute Gasteiger partial charge is 0.255 e. The van der Waals surface area contributed by atoms with Crippen molar-refractivity contribution in [2.24, 2.45) is 5.10 Å². The lowest BCUT2D eigenvalue weighted by Crippen LogP contribution is -2.37. The van der Waals surface area contributed by atoms with E-state index in [1.165, 1.54) is 12.3 Å². The number of hydrogen-bond acceptors (Lipinski definition) is 6. The maximum absolute atomic E-state index is 13.3. The number of sulfonamides is 1. The van der Waals surface area contributed by atoms with Gasteiger partial charge < -0.3 is 0 Å². The summed E-state index contributed by atoms with van der Waals surface area (Å²) in [5.74, 6) is -0.253. The van der Waals surface area contributed by atoms with Crippen LogP contribution in [0.3, 0.4) is 0 Å². The van der Waals surface area contributed by atoms with Gasteiger partial charge in [-0.25, -0.2) is 8.42 Å². The predicted molar refractivity (Wildman–Crippen MR) is 96.6 cm³/mol. The zero-order valence-electron chi connectivity index (χ0n) is 14.0. The number of hydrazone groups is 1. The van der Waals surface area contributed by atoms with E-state index in [9.17, 15) is 16.8 Å². The molecule has 25 heavy (non-hydrogen) atoms. The molecule has 7 nitrogen and oxygen atoms in total. The predicted octanol–water partition coefficient (Wildman–Crippen LogP) is 1.81. The third kappa shape index (κ3) is 3.52. The molecule has 2 aromatic rings. The van der Waals surface area contributed by atoms with Crippen LogP contribution in [0.2, 0.25) is 0 Å². The van der Waals surface area contributed by atoms with Crippen LogP contribution in [0.1, 0.15) is 20.3 Å². The summed E-state index contributed by atoms with van der Waals surface area (Å²) in [6.07, 6.45) is 1.76. The van der Waals surface area contributed by atoms with Crippen LogP contribution < -0.4 is 0 Å². The molecule has 0 aliphatic carbocycles. The first kappa shape index (κ1) is 17.8. The van der Waals surface area contributed by atoms with Crippen molar-refractivity contribution in [1.29, 1.82) is 0 Å². The zero-order chi connectivity index (χ0) is 18.2. The Kier molecular flexibility index (Phi) is 4.54. The summed E-state index contributed by atoms with van der Waals surface area (Å²) in [6.45, 7) is 3.35. The first-order valence-corrected chi connectivity index (χ1v) is 11.1. The third-order valence-electron chi connectivity index (χ3n) is 3.94. The summed E-state index contributed by atoms with van der Waals surface area (Å²) in [7, 11) is -7.29. The number of sulfone groups is 1. The molecule has 0 N–H and O–H groups in total. The molecule has 1 aliphatic heterocycles. The van der Waals surface area contributed by atoms with E-state index >= 15 is 0 Å². The SMILES string of the molecule is CC(C)=NN([C@@H]1CCS(=O)(=O)C1)S(=O)(=O)c1cccc2cccnc12. The third-order valence-corrected chi connectivity index (χ3v) is 7.45. The van der Waals surface area contributed by atoms with Gasteiger partial charge in [0.2, 0.25) is 0 Å². The van der Waals surface area contributed by atoms with Crippen molar-refractivity contribution in [1.82, 2.24) is 9.40 Å². The van der Waals surface area contributed by atoms with Gasteiger partial charge in [0.25, 0.3) is 10.0 Å². The normalized spacial score (nSPS) is 19.7. The second-order valence-electron chi connectivity index (χ2n) is 6.21. The van der Waals surface area contributed by atoms with Gasteiger partial charge in [0.15, 0.2) is 9.84 Å². The highest BCUT2D eigenvalue weighted by atomic mass is 32.2. The second-order valence-corrected chi connectivity index (χ2v) is 10.2. The number of rotatable bonds is 4. The van der Waals surface area contributed by atoms with Gasteiger partial charge in [-0.2, -0.15) is 17.9 Å². The van der Waals surface area contributed by atoms with Gasteiger partial charge in [0.1, 0.15) is 4.90 Å². The highest BCUT2D eigenvalue weighted by Crippen LogP contribution is 2.29. The van der Waals surface area contributed by atoms with E-state index in [1.54, 1.807) is 38.1 Å². The van der Waals surface area contributed by atoms with Gasteiger partial charge in [-0.15, -0.1) is 0 Å². The molecule has 1 aliphatic rings. The fraction of sp³-hybridized carbons (Fsp3) is 0.375. The molecule has 2 heterocycles. The summed E-state index contributed by atoms with van der Waals surface area (Å²) in [4.78, 5) is 4.22. The van der Waals surface area contributed by atoms with Gasteiger partial charge in [-0.3, -0.25) is 4.98 Å². The van der Waals surface area contributed by atoms with Crippen LogP contribution >= 0.6 is 0 Å². The Morgan fingerprint density at radius 3 is 2.60 bits per heavy atom. The maximum atomic E-state index is 13.3. The van der Waals surface area contributed by atoms with E-state index in [4.69, 9.17) is 0 Å². The standard InChI is InChI=1S/C16H19N3O4S2/c1-12(2)18-19(14-8-10-24(20,21)11-14)25(22,23)15-7-3-5-13-6-4-9-17-16(13)15/h3-7,9,14H,8,10-11H2,1-2H3/t14-/m1/s1. The summed E-state index contributed by atoms with van der Waals surface area (Å²) in [5.41, 5.74) is 0.876. The van der Waals surface area contributed by atoms with E-state index < -0.39 is 25.9 Å². The largest absolute Gasteiger partial charge is 0.281 e. The van der Waals surface area contributed by atoms with Crippen LogP contribution in [0.15, 0.2) is 46.5 Å². The lowest BCUT2D eigenvalue weighted by molar-refractivity contribution is 0.355. The number of hydrogen-bond donors (Lipinski definition) is 0. The first-order chi connectivity index (χ1) is 11.7. The Morgan fingerprint density at radius 2 is 1.96 bits per heavy atom. The van der Waals surface area contributed by atoms with Gasteiger partial charge in [-0.1, -0.05) is 18.2 Å². The van der Waals surface area contributed by atoms with Crippen molar-refractivity contribution in [2.75, 3.05) is 11.5 Å². The molecular weight excluding hydrogens is 362 g/mol. The maximum Gasteiger partial charge on any atom is 0.281 e. The van der Waals surface area contributed by atoms with Gasteiger partial charge in [0, 0.05) is 17.3 Å². The van der Waals surface area contributed by atoms with E-state index in [-0.39, 0.29) is 22.8 Å². The Labute approximate surface area is 147 Å². The van der Waals surface area contributed by atoms with Crippen molar-refractivity contribution in [3.63, 3.8) is 0 Å². The van der Waals surface area contributed by atoms with E-state index in [2.05, 4.69) is 10.1 Å². The number of para-hydroxylation sites is 1. The Hall–Kier alpha value is -2.00. The minimum absolute atomic E-state index is 0.0277. The second kappa shape index (κ2) is 6.38. The first-order valence-electron chi connectivity index (χ1n) is 7.81. The number of aromatic nitrogens is 1. The van der Waals surface area contributed by atoms with Crippen molar-refractivity contribution in [3.05, 3.63) is 36.5 Å². The van der Waals surface area contributed by atoms with Crippen molar-refractivity contribution < 1.29 is 16.8 Å². The van der Waals surface area contributed by atoms with E-state index in [0.717, 1.165) is 4.41 Å². The molecule has 0 bridgehead atoms. The van der Waals surface area contributed by atoms with Gasteiger partial charge >= 0.3 is 0 Å². The summed E-state index contributed by atoms with van der Waals surface area (Å²) < 4.78 is 51.1. The van der Waals surface area contributed by atoms with Crippen molar-refractivity contribution in [3.8, 4) is 0 Å². The van der Waals surface area contributed by atoms with Crippen molar-refractivity contribution >= 4 is 36.5 Å². The minimum atomic E-state index is -4.04. The Balaban J connectivity index is 2.15. The summed E-state index contributed by atoms with van der Waals surface area (Å²) >= 11 is 0. The number of pyridine rings is 1. The monoisotopic (exact) mass is 381 g/mol. The fourth-order valence-electron chi connectivity index (χ4n) is 2.86. The van der Waals surface area contributed by atoms with Crippen LogP contribution in [0.5, 0.6) is 0 Å². The summed E-state index contributed by atoms with van der Waals surface area (Å²) in [6, 6.07) is 7.70. The number of nitrogens with zero attached hydrogens (tertiary/aromatic N) is 3. The number of benzene rings is 1. The molecule has 9 heteroatoms. The van der Waals surface area contributed by atoms with Crippen molar-refractivity contribution in [2.45, 2.75) is 31.2 Å². The zero-order valence-corrected chi connectivity index (χ0v) is 15.6. The average molecular weight is 381 g/mol. The molecule has 0 saturated carbocycles. The molecule has 1 saturated heterocycles. The van der Waals surface area contributed by atoms with Crippen LogP contribution in [0, 0.1) is 0 Å². The average Bonchev–Trinajstić information content (AvgIpc) is 2.91. The van der Waals surface area contributed by atoms with Crippen LogP contribution in [-0.4, -0.2) is 49.5 Å². The molecule has 1 atom stereocenters. The van der Waals surface area contributed by atoms with Crippen LogP contribution in [-0.2, 0) is 19.9 Å². The molecule has 1 fully saturated rings. The molecule has 0 unspecified atom stereocenters. The quantitative estimate of drug-likeness (QED) is 0.594. The summed E-state index contributed by atoms with van der Waals surface area (Å²) in [5, 5.41) is 4.84. The van der Waals surface area contributed by atoms with Gasteiger partial charge in [-0.05, 0) is 32.4 Å². The number of fused-ring (bicyclic) bond motifs is 1. The van der Waals surface area contributed by atoms with E-state index in [1.807, 2.05) is 0 Å². The van der Waals surface area contributed by atoms with Gasteiger partial charge in [0.05, 0.1) is 23.1 Å². The molecule has 1 aromatic carbocycles. The Morgan fingerprint density at radius 1 is 1.24 bits per heavy atom. The molecule has 0 amide bonds. The fourth-order valence-corrected chi connectivity index (χ4v) is 6.36. The van der Waals surface area contributed by atoms with Crippen LogP contribution in [0.4, 0.5) is 0 Å². The Bertz CT molecular complexity index is 1040. The lowest BCUT2D eigenvalue weighted by atomic mass is 10.2. The molecule has 0 spiro atoms. The molecule has 3 rings (SSSR count).